The fraction of sp³-hybridized carbons (Fsp3) is 0.278. The van der Waals surface area contributed by atoms with Crippen molar-refractivity contribution in [3.05, 3.63) is 64.1 Å². The Bertz CT molecular complexity index is 659. The van der Waals surface area contributed by atoms with Crippen LogP contribution in [0.15, 0.2) is 47.9 Å². The molecule has 0 aliphatic carbocycles. The lowest BCUT2D eigenvalue weighted by molar-refractivity contribution is -0.127. The summed E-state index contributed by atoms with van der Waals surface area (Å²) in [6, 6.07) is 10.3. The Morgan fingerprint density at radius 1 is 1.13 bits per heavy atom. The van der Waals surface area contributed by atoms with E-state index in [2.05, 4.69) is 22.4 Å². The van der Waals surface area contributed by atoms with Crippen molar-refractivity contribution in [1.82, 2.24) is 9.80 Å². The Balaban J connectivity index is 1.49. The van der Waals surface area contributed by atoms with Gasteiger partial charge < -0.3 is 4.90 Å². The molecule has 1 aromatic carbocycles. The smallest absolute Gasteiger partial charge is 0.246 e. The van der Waals surface area contributed by atoms with Gasteiger partial charge >= 0.3 is 0 Å². The van der Waals surface area contributed by atoms with Crippen LogP contribution in [0.1, 0.15) is 10.4 Å². The lowest BCUT2D eigenvalue weighted by Gasteiger charge is -2.33. The van der Waals surface area contributed by atoms with Gasteiger partial charge in [-0.1, -0.05) is 18.2 Å². The molecule has 120 valence electrons. The number of benzene rings is 1. The number of thiophene rings is 1. The molecule has 3 nitrogen and oxygen atoms in total. The van der Waals surface area contributed by atoms with Crippen LogP contribution in [0.3, 0.4) is 0 Å². The number of piperazine rings is 1. The summed E-state index contributed by atoms with van der Waals surface area (Å²) in [6.45, 7) is 4.25. The summed E-state index contributed by atoms with van der Waals surface area (Å²) in [7, 11) is 0. The Morgan fingerprint density at radius 3 is 2.52 bits per heavy atom. The van der Waals surface area contributed by atoms with Crippen LogP contribution in [0.2, 0.25) is 0 Å². The van der Waals surface area contributed by atoms with Crippen molar-refractivity contribution in [2.75, 3.05) is 26.2 Å². The third kappa shape index (κ3) is 4.50. The molecule has 0 unspecified atom stereocenters. The van der Waals surface area contributed by atoms with Gasteiger partial charge in [0.1, 0.15) is 5.82 Å². The summed E-state index contributed by atoms with van der Waals surface area (Å²) in [5, 5.41) is 2.09. The minimum absolute atomic E-state index is 0.0186. The topological polar surface area (TPSA) is 23.6 Å². The SMILES string of the molecule is O=C(/C=C/c1ccc(F)cc1)N1CCN(Cc2cccs2)CC1. The van der Waals surface area contributed by atoms with Crippen LogP contribution in [0, 0.1) is 5.82 Å². The highest BCUT2D eigenvalue weighted by atomic mass is 32.1. The first-order valence-electron chi connectivity index (χ1n) is 7.68. The number of nitrogens with zero attached hydrogens (tertiary/aromatic N) is 2. The van der Waals surface area contributed by atoms with E-state index >= 15 is 0 Å². The third-order valence-electron chi connectivity index (χ3n) is 3.93. The molecule has 5 heteroatoms. The van der Waals surface area contributed by atoms with E-state index in [0.29, 0.717) is 0 Å². The zero-order valence-corrected chi connectivity index (χ0v) is 13.6. The van der Waals surface area contributed by atoms with Crippen LogP contribution in [-0.4, -0.2) is 41.9 Å². The zero-order chi connectivity index (χ0) is 16.1. The van der Waals surface area contributed by atoms with E-state index in [0.717, 1.165) is 38.3 Å². The van der Waals surface area contributed by atoms with E-state index in [1.165, 1.54) is 17.0 Å². The fourth-order valence-electron chi connectivity index (χ4n) is 2.60. The summed E-state index contributed by atoms with van der Waals surface area (Å²) in [6.07, 6.45) is 3.31. The van der Waals surface area contributed by atoms with Crippen molar-refractivity contribution in [3.8, 4) is 0 Å². The van der Waals surface area contributed by atoms with Crippen molar-refractivity contribution in [2.24, 2.45) is 0 Å². The summed E-state index contributed by atoms with van der Waals surface area (Å²) in [5.74, 6) is -0.250. The highest BCUT2D eigenvalue weighted by Gasteiger charge is 2.19. The molecule has 2 heterocycles. The molecule has 1 aromatic heterocycles. The van der Waals surface area contributed by atoms with Gasteiger partial charge in [0, 0.05) is 43.7 Å². The van der Waals surface area contributed by atoms with E-state index in [1.54, 1.807) is 35.6 Å². The summed E-state index contributed by atoms with van der Waals surface area (Å²) < 4.78 is 12.8. The summed E-state index contributed by atoms with van der Waals surface area (Å²) in [5.41, 5.74) is 0.830. The van der Waals surface area contributed by atoms with Gasteiger partial charge in [0.15, 0.2) is 0 Å². The van der Waals surface area contributed by atoms with Crippen LogP contribution in [0.4, 0.5) is 4.39 Å². The lowest BCUT2D eigenvalue weighted by atomic mass is 10.2. The van der Waals surface area contributed by atoms with Crippen molar-refractivity contribution in [2.45, 2.75) is 6.54 Å². The number of carbonyl (C=O) groups is 1. The normalized spacial score (nSPS) is 16.1. The molecule has 0 N–H and O–H groups in total. The van der Waals surface area contributed by atoms with Crippen molar-refractivity contribution in [1.29, 1.82) is 0 Å². The standard InChI is InChI=1S/C18H19FN2OS/c19-16-6-3-15(4-7-16)5-8-18(22)21-11-9-20(10-12-21)14-17-2-1-13-23-17/h1-8,13H,9-12,14H2/b8-5+. The number of amides is 1. The molecular weight excluding hydrogens is 311 g/mol. The molecule has 3 rings (SSSR count). The van der Waals surface area contributed by atoms with Crippen molar-refractivity contribution in [3.63, 3.8) is 0 Å². The first-order chi connectivity index (χ1) is 11.2. The molecule has 0 saturated carbocycles. The van der Waals surface area contributed by atoms with E-state index in [9.17, 15) is 9.18 Å². The van der Waals surface area contributed by atoms with E-state index in [-0.39, 0.29) is 11.7 Å². The van der Waals surface area contributed by atoms with Crippen LogP contribution < -0.4 is 0 Å². The number of hydrogen-bond acceptors (Lipinski definition) is 3. The number of hydrogen-bond donors (Lipinski definition) is 0. The Labute approximate surface area is 139 Å². The summed E-state index contributed by atoms with van der Waals surface area (Å²) >= 11 is 1.77. The van der Waals surface area contributed by atoms with Gasteiger partial charge in [0.2, 0.25) is 5.91 Å². The molecule has 23 heavy (non-hydrogen) atoms. The first-order valence-corrected chi connectivity index (χ1v) is 8.56. The van der Waals surface area contributed by atoms with Crippen LogP contribution >= 0.6 is 11.3 Å². The molecular formula is C18H19FN2OS. The number of halogens is 1. The van der Waals surface area contributed by atoms with Crippen molar-refractivity contribution < 1.29 is 9.18 Å². The monoisotopic (exact) mass is 330 g/mol. The Hall–Kier alpha value is -1.98. The van der Waals surface area contributed by atoms with E-state index in [1.807, 2.05) is 4.90 Å². The maximum absolute atomic E-state index is 12.8. The summed E-state index contributed by atoms with van der Waals surface area (Å²) in [4.78, 5) is 17.8. The predicted molar refractivity (Wildman–Crippen MR) is 91.6 cm³/mol. The van der Waals surface area contributed by atoms with Crippen molar-refractivity contribution >= 4 is 23.3 Å². The van der Waals surface area contributed by atoms with Gasteiger partial charge in [-0.05, 0) is 35.2 Å². The second-order valence-corrected chi connectivity index (χ2v) is 6.60. The quantitative estimate of drug-likeness (QED) is 0.804. The molecule has 0 bridgehead atoms. The minimum atomic E-state index is -0.268. The highest BCUT2D eigenvalue weighted by Crippen LogP contribution is 2.14. The van der Waals surface area contributed by atoms with Gasteiger partial charge in [0.25, 0.3) is 0 Å². The molecule has 1 saturated heterocycles. The maximum atomic E-state index is 12.8. The van der Waals surface area contributed by atoms with Gasteiger partial charge in [0.05, 0.1) is 0 Å². The van der Waals surface area contributed by atoms with Gasteiger partial charge in [-0.15, -0.1) is 11.3 Å². The van der Waals surface area contributed by atoms with Gasteiger partial charge in [-0.2, -0.15) is 0 Å². The van der Waals surface area contributed by atoms with Crippen LogP contribution in [0.25, 0.3) is 6.08 Å². The average Bonchev–Trinajstić information content (AvgIpc) is 3.08. The largest absolute Gasteiger partial charge is 0.337 e. The van der Waals surface area contributed by atoms with Gasteiger partial charge in [-0.25, -0.2) is 4.39 Å². The molecule has 1 fully saturated rings. The highest BCUT2D eigenvalue weighted by molar-refractivity contribution is 7.09. The molecule has 2 aromatic rings. The second kappa shape index (κ2) is 7.53. The Kier molecular flexibility index (Phi) is 5.20. The van der Waals surface area contributed by atoms with Crippen LogP contribution in [-0.2, 0) is 11.3 Å². The molecule has 1 aliphatic heterocycles. The first kappa shape index (κ1) is 15.9. The fourth-order valence-corrected chi connectivity index (χ4v) is 3.34. The number of rotatable bonds is 4. The minimum Gasteiger partial charge on any atom is -0.337 e. The average molecular weight is 330 g/mol. The molecule has 1 aliphatic rings. The van der Waals surface area contributed by atoms with Crippen LogP contribution in [0.5, 0.6) is 0 Å². The molecule has 1 amide bonds. The van der Waals surface area contributed by atoms with E-state index < -0.39 is 0 Å². The molecule has 0 atom stereocenters. The molecule has 0 radical (unpaired) electrons. The van der Waals surface area contributed by atoms with Gasteiger partial charge in [-0.3, -0.25) is 9.69 Å². The predicted octanol–water partition coefficient (Wildman–Crippen LogP) is 3.24. The zero-order valence-electron chi connectivity index (χ0n) is 12.8. The third-order valence-corrected chi connectivity index (χ3v) is 4.79. The van der Waals surface area contributed by atoms with E-state index in [4.69, 9.17) is 0 Å². The molecule has 0 spiro atoms. The maximum Gasteiger partial charge on any atom is 0.246 e. The Morgan fingerprint density at radius 2 is 1.87 bits per heavy atom. The lowest BCUT2D eigenvalue weighted by Crippen LogP contribution is -2.47. The second-order valence-electron chi connectivity index (χ2n) is 5.57. The number of carbonyl (C=O) groups excluding carboxylic acids is 1.